The Hall–Kier alpha value is -4.27. The molecule has 0 bridgehead atoms. The van der Waals surface area contributed by atoms with E-state index >= 15 is 0 Å². The molecule has 12 heteroatoms. The van der Waals surface area contributed by atoms with Crippen LogP contribution in [0.2, 0.25) is 0 Å². The molecule has 220 valence electrons. The molecule has 1 fully saturated rings. The van der Waals surface area contributed by atoms with Crippen molar-refractivity contribution in [3.05, 3.63) is 65.9 Å². The minimum absolute atomic E-state index is 0.0459. The molecule has 4 rings (SSSR count). The highest BCUT2D eigenvalue weighted by Gasteiger charge is 2.33. The highest BCUT2D eigenvalue weighted by Crippen LogP contribution is 2.32. The largest absolute Gasteiger partial charge is 0.491 e. The highest BCUT2D eigenvalue weighted by molar-refractivity contribution is 6.59. The fraction of sp³-hybridized carbons (Fsp3) is 0.367. The molecule has 0 spiro atoms. The number of nitrogens with one attached hydrogen (secondary N) is 1. The predicted molar refractivity (Wildman–Crippen MR) is 163 cm³/mol. The molecule has 0 aliphatic carbocycles. The number of carbonyl (C=O) groups is 1. The van der Waals surface area contributed by atoms with Crippen molar-refractivity contribution < 1.29 is 13.9 Å². The van der Waals surface area contributed by atoms with Crippen molar-refractivity contribution in [1.82, 2.24) is 24.8 Å². The lowest BCUT2D eigenvalue weighted by molar-refractivity contribution is -0.116. The standard InChI is InChI=1S/C30H34ClFN8O2/c1-20(32)14-25(31)27(34-3)29(41)37-30(2)8-10-39(11-9-30)26-7-6-21(17-35-26)24-15-23(42-13-12-38(4)5)19-40-28(24)22(16-33)18-36-40/h6-7,14-15,17-19H,1,8-13H2,2-5H3,(H,37,41)/b25-14+,34-27+. The summed E-state index contributed by atoms with van der Waals surface area (Å²) in [5.41, 5.74) is 2.25. The van der Waals surface area contributed by atoms with Gasteiger partial charge in [0, 0.05) is 49.5 Å². The Morgan fingerprint density at radius 1 is 1.36 bits per heavy atom. The molecule has 4 heterocycles. The molecule has 1 aliphatic heterocycles. The van der Waals surface area contributed by atoms with Crippen molar-refractivity contribution >= 4 is 34.6 Å². The van der Waals surface area contributed by atoms with E-state index in [9.17, 15) is 14.4 Å². The van der Waals surface area contributed by atoms with Crippen LogP contribution in [0.4, 0.5) is 10.2 Å². The molecule has 3 aromatic rings. The number of hydrogen-bond acceptors (Lipinski definition) is 8. The van der Waals surface area contributed by atoms with Crippen molar-refractivity contribution in [3.8, 4) is 22.9 Å². The molecule has 10 nitrogen and oxygen atoms in total. The van der Waals surface area contributed by atoms with Crippen LogP contribution in [-0.2, 0) is 4.79 Å². The summed E-state index contributed by atoms with van der Waals surface area (Å²) in [4.78, 5) is 25.7. The van der Waals surface area contributed by atoms with Crippen molar-refractivity contribution in [1.29, 1.82) is 5.26 Å². The van der Waals surface area contributed by atoms with Crippen LogP contribution in [0.1, 0.15) is 25.3 Å². The van der Waals surface area contributed by atoms with Crippen LogP contribution in [-0.4, -0.2) is 84.0 Å². The molecule has 1 amide bonds. The van der Waals surface area contributed by atoms with Gasteiger partial charge in [-0.3, -0.25) is 9.79 Å². The molecule has 0 unspecified atom stereocenters. The number of halogens is 2. The van der Waals surface area contributed by atoms with E-state index in [1.165, 1.54) is 7.05 Å². The van der Waals surface area contributed by atoms with Crippen LogP contribution >= 0.6 is 11.6 Å². The van der Waals surface area contributed by atoms with Gasteiger partial charge in [-0.1, -0.05) is 18.2 Å². The van der Waals surface area contributed by atoms with Gasteiger partial charge in [-0.05, 0) is 58.1 Å². The van der Waals surface area contributed by atoms with Crippen LogP contribution in [0.5, 0.6) is 5.75 Å². The number of hydrogen-bond donors (Lipinski definition) is 1. The van der Waals surface area contributed by atoms with Crippen LogP contribution < -0.4 is 15.0 Å². The number of aromatic nitrogens is 3. The fourth-order valence-corrected chi connectivity index (χ4v) is 5.06. The number of nitrogens with zero attached hydrogens (tertiary/aromatic N) is 7. The number of fused-ring (bicyclic) bond motifs is 1. The average molecular weight is 593 g/mol. The molecule has 0 aromatic carbocycles. The van der Waals surface area contributed by atoms with Crippen molar-refractivity contribution in [2.45, 2.75) is 25.3 Å². The van der Waals surface area contributed by atoms with E-state index in [0.717, 1.165) is 29.6 Å². The SMILES string of the molecule is C=C(F)/C=C(Cl)\C(=N/C)C(=O)NC1(C)CCN(c2ccc(-c3cc(OCCN(C)C)cn4ncc(C#N)c34)cn2)CC1. The number of carbonyl (C=O) groups excluding carboxylic acids is 1. The van der Waals surface area contributed by atoms with Gasteiger partial charge in [0.15, 0.2) is 0 Å². The number of aliphatic imine (C=N–C) groups is 1. The number of amides is 1. The Morgan fingerprint density at radius 2 is 2.10 bits per heavy atom. The Morgan fingerprint density at radius 3 is 2.69 bits per heavy atom. The number of allylic oxidation sites excluding steroid dienone is 2. The zero-order valence-corrected chi connectivity index (χ0v) is 25.0. The summed E-state index contributed by atoms with van der Waals surface area (Å²) >= 11 is 6.07. The van der Waals surface area contributed by atoms with Gasteiger partial charge >= 0.3 is 0 Å². The van der Waals surface area contributed by atoms with Gasteiger partial charge in [0.25, 0.3) is 5.91 Å². The molecule has 3 aromatic heterocycles. The van der Waals surface area contributed by atoms with E-state index in [0.29, 0.717) is 49.4 Å². The van der Waals surface area contributed by atoms with Gasteiger partial charge in [0.1, 0.15) is 35.8 Å². The van der Waals surface area contributed by atoms with E-state index in [2.05, 4.69) is 33.0 Å². The van der Waals surface area contributed by atoms with Gasteiger partial charge in [-0.2, -0.15) is 10.4 Å². The summed E-state index contributed by atoms with van der Waals surface area (Å²) in [6.45, 7) is 7.71. The molecular weight excluding hydrogens is 559 g/mol. The summed E-state index contributed by atoms with van der Waals surface area (Å²) < 4.78 is 20.8. The van der Waals surface area contributed by atoms with Crippen molar-refractivity contribution in [3.63, 3.8) is 0 Å². The van der Waals surface area contributed by atoms with E-state index in [1.807, 2.05) is 44.1 Å². The number of piperidine rings is 1. The van der Waals surface area contributed by atoms with Crippen molar-refractivity contribution in [2.75, 3.05) is 52.3 Å². The quantitative estimate of drug-likeness (QED) is 0.275. The fourth-order valence-electron chi connectivity index (χ4n) is 4.77. The molecule has 0 saturated carbocycles. The second kappa shape index (κ2) is 13.1. The summed E-state index contributed by atoms with van der Waals surface area (Å²) in [5.74, 6) is 0.234. The maximum absolute atomic E-state index is 13.2. The third-order valence-electron chi connectivity index (χ3n) is 7.13. The molecule has 1 aliphatic rings. The van der Waals surface area contributed by atoms with Gasteiger partial charge in [-0.25, -0.2) is 13.9 Å². The third-order valence-corrected chi connectivity index (χ3v) is 7.42. The first-order valence-electron chi connectivity index (χ1n) is 13.4. The molecule has 1 N–H and O–H groups in total. The smallest absolute Gasteiger partial charge is 0.271 e. The second-order valence-electron chi connectivity index (χ2n) is 10.6. The zero-order valence-electron chi connectivity index (χ0n) is 24.2. The highest BCUT2D eigenvalue weighted by atomic mass is 35.5. The lowest BCUT2D eigenvalue weighted by atomic mass is 9.89. The Labute approximate surface area is 249 Å². The lowest BCUT2D eigenvalue weighted by Gasteiger charge is -2.40. The Balaban J connectivity index is 1.48. The number of ether oxygens (including phenoxy) is 1. The minimum atomic E-state index is -0.756. The summed E-state index contributed by atoms with van der Waals surface area (Å²) in [5, 5.41) is 16.9. The van der Waals surface area contributed by atoms with Crippen LogP contribution in [0.25, 0.3) is 16.6 Å². The van der Waals surface area contributed by atoms with Gasteiger partial charge in [0.05, 0.1) is 28.5 Å². The van der Waals surface area contributed by atoms with Crippen LogP contribution in [0.3, 0.4) is 0 Å². The monoisotopic (exact) mass is 592 g/mol. The van der Waals surface area contributed by atoms with Crippen LogP contribution in [0.15, 0.2) is 65.3 Å². The molecule has 42 heavy (non-hydrogen) atoms. The Bertz CT molecular complexity index is 1560. The maximum Gasteiger partial charge on any atom is 0.271 e. The van der Waals surface area contributed by atoms with Gasteiger partial charge in [0.2, 0.25) is 0 Å². The predicted octanol–water partition coefficient (Wildman–Crippen LogP) is 4.36. The third kappa shape index (κ3) is 7.13. The number of nitriles is 1. The van der Waals surface area contributed by atoms with E-state index in [4.69, 9.17) is 21.3 Å². The van der Waals surface area contributed by atoms with Crippen LogP contribution in [0, 0.1) is 11.3 Å². The van der Waals surface area contributed by atoms with E-state index < -0.39 is 17.3 Å². The molecule has 1 saturated heterocycles. The molecule has 0 radical (unpaired) electrons. The average Bonchev–Trinajstić information content (AvgIpc) is 3.36. The topological polar surface area (TPSA) is 111 Å². The summed E-state index contributed by atoms with van der Waals surface area (Å²) in [7, 11) is 5.40. The van der Waals surface area contributed by atoms with Gasteiger partial charge < -0.3 is 19.9 Å². The first kappa shape index (κ1) is 30.7. The number of likely N-dealkylation sites (N-methyl/N-ethyl adjacent to an activating group) is 1. The first-order valence-corrected chi connectivity index (χ1v) is 13.8. The number of pyridine rings is 2. The number of rotatable bonds is 10. The number of anilines is 1. The lowest BCUT2D eigenvalue weighted by Crippen LogP contribution is -2.55. The summed E-state index contributed by atoms with van der Waals surface area (Å²) in [6, 6.07) is 8.06. The van der Waals surface area contributed by atoms with Gasteiger partial charge in [-0.15, -0.1) is 0 Å². The van der Waals surface area contributed by atoms with Crippen molar-refractivity contribution in [2.24, 2.45) is 4.99 Å². The maximum atomic E-state index is 13.2. The summed E-state index contributed by atoms with van der Waals surface area (Å²) in [6.07, 6.45) is 7.39. The first-order chi connectivity index (χ1) is 20.0. The zero-order chi connectivity index (χ0) is 30.4. The Kier molecular flexibility index (Phi) is 9.60. The van der Waals surface area contributed by atoms with E-state index in [-0.39, 0.29) is 10.7 Å². The molecule has 0 atom stereocenters. The van der Waals surface area contributed by atoms with E-state index in [1.54, 1.807) is 23.1 Å². The minimum Gasteiger partial charge on any atom is -0.491 e. The normalized spacial score (nSPS) is 15.5. The second-order valence-corrected chi connectivity index (χ2v) is 11.0. The molecular formula is C30H34ClFN8O2.